The van der Waals surface area contributed by atoms with E-state index in [1.165, 1.54) is 17.4 Å². The number of nitrogens with zero attached hydrogens (tertiary/aromatic N) is 1. The number of nitrogens with one attached hydrogen (secondary N) is 2. The standard InChI is InChI=1S/C17H12F3N3OS/c18-17(19,20)12-4-2-6-14(8-12)22-16-23-15(9-25-16)11-3-1-5-13(7-11)21-10-24/h1-10H,(H,21,24)(H,22,23). The zero-order valence-electron chi connectivity index (χ0n) is 12.7. The van der Waals surface area contributed by atoms with Gasteiger partial charge in [0.15, 0.2) is 5.13 Å². The molecule has 1 heterocycles. The van der Waals surface area contributed by atoms with Gasteiger partial charge >= 0.3 is 6.18 Å². The van der Waals surface area contributed by atoms with E-state index in [9.17, 15) is 18.0 Å². The van der Waals surface area contributed by atoms with Gasteiger partial charge in [-0.15, -0.1) is 11.3 Å². The summed E-state index contributed by atoms with van der Waals surface area (Å²) in [5.74, 6) is 0. The number of rotatable bonds is 5. The molecule has 25 heavy (non-hydrogen) atoms. The van der Waals surface area contributed by atoms with E-state index in [0.717, 1.165) is 17.7 Å². The molecule has 3 aromatic rings. The van der Waals surface area contributed by atoms with E-state index in [1.54, 1.807) is 29.6 Å². The average Bonchev–Trinajstić information content (AvgIpc) is 3.03. The number of amides is 1. The van der Waals surface area contributed by atoms with Gasteiger partial charge in [0.2, 0.25) is 6.41 Å². The minimum Gasteiger partial charge on any atom is -0.332 e. The van der Waals surface area contributed by atoms with Crippen LogP contribution in [0.1, 0.15) is 5.56 Å². The molecule has 2 aromatic carbocycles. The normalized spacial score (nSPS) is 11.2. The number of thiazole rings is 1. The molecule has 2 N–H and O–H groups in total. The lowest BCUT2D eigenvalue weighted by molar-refractivity contribution is -0.137. The maximum Gasteiger partial charge on any atom is 0.416 e. The Balaban J connectivity index is 1.80. The van der Waals surface area contributed by atoms with Crippen LogP contribution in [0.3, 0.4) is 0 Å². The number of aromatic nitrogens is 1. The van der Waals surface area contributed by atoms with Crippen LogP contribution in [0.15, 0.2) is 53.9 Å². The Morgan fingerprint density at radius 2 is 1.80 bits per heavy atom. The van der Waals surface area contributed by atoms with E-state index in [0.29, 0.717) is 28.6 Å². The molecule has 0 aliphatic heterocycles. The maximum absolute atomic E-state index is 12.8. The van der Waals surface area contributed by atoms with Crippen LogP contribution in [0.5, 0.6) is 0 Å². The molecule has 0 aliphatic rings. The number of hydrogen-bond donors (Lipinski definition) is 2. The molecule has 0 aliphatic carbocycles. The lowest BCUT2D eigenvalue weighted by atomic mass is 10.1. The molecule has 0 saturated carbocycles. The third kappa shape index (κ3) is 4.16. The van der Waals surface area contributed by atoms with Gasteiger partial charge in [0, 0.05) is 22.3 Å². The first kappa shape index (κ1) is 17.0. The Morgan fingerprint density at radius 1 is 1.04 bits per heavy atom. The Bertz CT molecular complexity index is 893. The van der Waals surface area contributed by atoms with Crippen molar-refractivity contribution in [3.05, 3.63) is 59.5 Å². The molecule has 1 aromatic heterocycles. The molecule has 3 rings (SSSR count). The summed E-state index contributed by atoms with van der Waals surface area (Å²) in [5, 5.41) is 7.70. The van der Waals surface area contributed by atoms with Crippen LogP contribution < -0.4 is 10.6 Å². The fraction of sp³-hybridized carbons (Fsp3) is 0.0588. The van der Waals surface area contributed by atoms with Crippen LogP contribution in [0.4, 0.5) is 29.7 Å². The fourth-order valence-corrected chi connectivity index (χ4v) is 2.94. The van der Waals surface area contributed by atoms with Crippen molar-refractivity contribution < 1.29 is 18.0 Å². The predicted molar refractivity (Wildman–Crippen MR) is 92.0 cm³/mol. The number of carbonyl (C=O) groups is 1. The van der Waals surface area contributed by atoms with Gasteiger partial charge in [-0.05, 0) is 30.3 Å². The van der Waals surface area contributed by atoms with E-state index in [1.807, 2.05) is 6.07 Å². The molecular weight excluding hydrogens is 351 g/mol. The van der Waals surface area contributed by atoms with Gasteiger partial charge in [0.25, 0.3) is 0 Å². The molecule has 0 saturated heterocycles. The second kappa shape index (κ2) is 6.94. The Hall–Kier alpha value is -2.87. The van der Waals surface area contributed by atoms with Crippen molar-refractivity contribution in [2.45, 2.75) is 6.18 Å². The second-order valence-electron chi connectivity index (χ2n) is 5.08. The Kier molecular flexibility index (Phi) is 4.71. The SMILES string of the molecule is O=CNc1cccc(-c2csc(Nc3cccc(C(F)(F)F)c3)n2)c1. The average molecular weight is 363 g/mol. The van der Waals surface area contributed by atoms with Gasteiger partial charge in [-0.25, -0.2) is 4.98 Å². The van der Waals surface area contributed by atoms with Gasteiger partial charge < -0.3 is 10.6 Å². The van der Waals surface area contributed by atoms with Gasteiger partial charge in [0.05, 0.1) is 11.3 Å². The first-order valence-corrected chi connectivity index (χ1v) is 8.04. The Labute approximate surface area is 145 Å². The lowest BCUT2D eigenvalue weighted by Crippen LogP contribution is -2.05. The molecule has 1 amide bonds. The predicted octanol–water partition coefficient (Wildman–Crippen LogP) is 5.14. The number of benzene rings is 2. The number of anilines is 3. The van der Waals surface area contributed by atoms with Crippen molar-refractivity contribution in [1.82, 2.24) is 4.98 Å². The van der Waals surface area contributed by atoms with E-state index in [2.05, 4.69) is 15.6 Å². The highest BCUT2D eigenvalue weighted by Gasteiger charge is 2.30. The quantitative estimate of drug-likeness (QED) is 0.617. The van der Waals surface area contributed by atoms with Gasteiger partial charge in [-0.2, -0.15) is 13.2 Å². The van der Waals surface area contributed by atoms with Crippen LogP contribution in [0.25, 0.3) is 11.3 Å². The minimum atomic E-state index is -4.39. The summed E-state index contributed by atoms with van der Waals surface area (Å²) in [4.78, 5) is 14.9. The summed E-state index contributed by atoms with van der Waals surface area (Å²) in [6.07, 6.45) is -3.81. The minimum absolute atomic E-state index is 0.312. The van der Waals surface area contributed by atoms with E-state index >= 15 is 0 Å². The smallest absolute Gasteiger partial charge is 0.332 e. The van der Waals surface area contributed by atoms with Gasteiger partial charge in [-0.3, -0.25) is 4.79 Å². The number of carbonyl (C=O) groups excluding carboxylic acids is 1. The Morgan fingerprint density at radius 3 is 2.56 bits per heavy atom. The number of alkyl halides is 3. The molecule has 0 atom stereocenters. The highest BCUT2D eigenvalue weighted by atomic mass is 32.1. The second-order valence-corrected chi connectivity index (χ2v) is 5.94. The fourth-order valence-electron chi connectivity index (χ4n) is 2.20. The summed E-state index contributed by atoms with van der Waals surface area (Å²) in [7, 11) is 0. The summed E-state index contributed by atoms with van der Waals surface area (Å²) in [6.45, 7) is 0. The molecule has 0 unspecified atom stereocenters. The van der Waals surface area contributed by atoms with Crippen LogP contribution in [0.2, 0.25) is 0 Å². The van der Waals surface area contributed by atoms with E-state index < -0.39 is 11.7 Å². The third-order valence-corrected chi connectivity index (χ3v) is 4.09. The largest absolute Gasteiger partial charge is 0.416 e. The van der Waals surface area contributed by atoms with Crippen LogP contribution in [0, 0.1) is 0 Å². The monoisotopic (exact) mass is 363 g/mol. The molecule has 0 bridgehead atoms. The van der Waals surface area contributed by atoms with E-state index in [4.69, 9.17) is 0 Å². The summed E-state index contributed by atoms with van der Waals surface area (Å²) < 4.78 is 38.3. The lowest BCUT2D eigenvalue weighted by Gasteiger charge is -2.09. The molecular formula is C17H12F3N3OS. The van der Waals surface area contributed by atoms with Crippen molar-refractivity contribution in [1.29, 1.82) is 0 Å². The maximum atomic E-state index is 12.8. The first-order valence-electron chi connectivity index (χ1n) is 7.16. The van der Waals surface area contributed by atoms with Crippen molar-refractivity contribution in [2.24, 2.45) is 0 Å². The number of hydrogen-bond acceptors (Lipinski definition) is 4. The van der Waals surface area contributed by atoms with Crippen LogP contribution in [-0.4, -0.2) is 11.4 Å². The van der Waals surface area contributed by atoms with Crippen LogP contribution in [-0.2, 0) is 11.0 Å². The van der Waals surface area contributed by atoms with Crippen molar-refractivity contribution in [3.8, 4) is 11.3 Å². The van der Waals surface area contributed by atoms with Crippen molar-refractivity contribution in [3.63, 3.8) is 0 Å². The third-order valence-electron chi connectivity index (χ3n) is 3.33. The van der Waals surface area contributed by atoms with Crippen molar-refractivity contribution in [2.75, 3.05) is 10.6 Å². The molecule has 4 nitrogen and oxygen atoms in total. The first-order chi connectivity index (χ1) is 12.0. The van der Waals surface area contributed by atoms with Crippen molar-refractivity contribution >= 4 is 34.3 Å². The van der Waals surface area contributed by atoms with E-state index in [-0.39, 0.29) is 0 Å². The molecule has 128 valence electrons. The summed E-state index contributed by atoms with van der Waals surface area (Å²) in [5.41, 5.74) is 1.68. The summed E-state index contributed by atoms with van der Waals surface area (Å²) >= 11 is 1.28. The molecule has 0 spiro atoms. The zero-order valence-corrected chi connectivity index (χ0v) is 13.5. The highest BCUT2D eigenvalue weighted by molar-refractivity contribution is 7.14. The summed E-state index contributed by atoms with van der Waals surface area (Å²) in [6, 6.07) is 12.1. The molecule has 0 fully saturated rings. The molecule has 0 radical (unpaired) electrons. The number of halogens is 3. The zero-order chi connectivity index (χ0) is 17.9. The van der Waals surface area contributed by atoms with Gasteiger partial charge in [-0.1, -0.05) is 18.2 Å². The molecule has 8 heteroatoms. The topological polar surface area (TPSA) is 54.0 Å². The van der Waals surface area contributed by atoms with Crippen LogP contribution >= 0.6 is 11.3 Å². The highest BCUT2D eigenvalue weighted by Crippen LogP contribution is 2.33. The van der Waals surface area contributed by atoms with Gasteiger partial charge in [0.1, 0.15) is 0 Å².